The Morgan fingerprint density at radius 1 is 1.10 bits per heavy atom. The zero-order chi connectivity index (χ0) is 14.5. The number of hydrogen-bond acceptors (Lipinski definition) is 4. The maximum atomic E-state index is 11.7. The van der Waals surface area contributed by atoms with Crippen molar-refractivity contribution in [2.24, 2.45) is 5.92 Å². The Morgan fingerprint density at radius 2 is 1.70 bits per heavy atom. The molecule has 2 heterocycles. The molecule has 6 nitrogen and oxygen atoms in total. The molecule has 2 saturated heterocycles. The van der Waals surface area contributed by atoms with Crippen LogP contribution in [-0.4, -0.2) is 65.8 Å². The van der Waals surface area contributed by atoms with Crippen molar-refractivity contribution in [1.82, 2.24) is 9.80 Å². The monoisotopic (exact) mass is 284 g/mol. The highest BCUT2D eigenvalue weighted by Crippen LogP contribution is 2.24. The molecule has 6 heteroatoms. The first-order valence-electron chi connectivity index (χ1n) is 7.50. The normalized spacial score (nSPS) is 22.8. The van der Waals surface area contributed by atoms with E-state index in [0.29, 0.717) is 25.7 Å². The van der Waals surface area contributed by atoms with E-state index in [1.54, 1.807) is 0 Å². The van der Waals surface area contributed by atoms with Gasteiger partial charge >= 0.3 is 12.1 Å². The summed E-state index contributed by atoms with van der Waals surface area (Å²) in [7, 11) is 0. The van der Waals surface area contributed by atoms with Crippen molar-refractivity contribution in [3.63, 3.8) is 0 Å². The van der Waals surface area contributed by atoms with E-state index in [1.165, 1.54) is 4.90 Å². The smallest absolute Gasteiger partial charge is 0.407 e. The summed E-state index contributed by atoms with van der Waals surface area (Å²) < 4.78 is 5.07. The highest BCUT2D eigenvalue weighted by Gasteiger charge is 2.31. The minimum absolute atomic E-state index is 0.0466. The molecule has 0 spiro atoms. The second-order valence-electron chi connectivity index (χ2n) is 5.56. The minimum atomic E-state index is -0.815. The van der Waals surface area contributed by atoms with Gasteiger partial charge in [-0.3, -0.25) is 4.79 Å². The first-order valence-corrected chi connectivity index (χ1v) is 7.50. The molecule has 0 aromatic rings. The molecule has 0 bridgehead atoms. The molecule has 1 N–H and O–H groups in total. The van der Waals surface area contributed by atoms with Gasteiger partial charge in [0.2, 0.25) is 0 Å². The number of carboxylic acid groups (broad SMARTS) is 1. The van der Waals surface area contributed by atoms with Crippen LogP contribution in [0.4, 0.5) is 4.79 Å². The van der Waals surface area contributed by atoms with Gasteiger partial charge in [-0.05, 0) is 45.7 Å². The van der Waals surface area contributed by atoms with Gasteiger partial charge in [-0.2, -0.15) is 0 Å². The molecule has 20 heavy (non-hydrogen) atoms. The Bertz CT molecular complexity index is 345. The van der Waals surface area contributed by atoms with Crippen molar-refractivity contribution in [3.8, 4) is 0 Å². The summed E-state index contributed by atoms with van der Waals surface area (Å²) in [5.74, 6) is -0.0156. The number of likely N-dealkylation sites (tertiary alicyclic amines) is 2. The Hall–Kier alpha value is -1.30. The number of hydrogen-bond donors (Lipinski definition) is 1. The van der Waals surface area contributed by atoms with Gasteiger partial charge in [0.05, 0.1) is 12.5 Å². The number of nitrogens with zero attached hydrogens (tertiary/aromatic N) is 2. The van der Waals surface area contributed by atoms with E-state index in [2.05, 4.69) is 4.90 Å². The molecule has 0 aliphatic carbocycles. The summed E-state index contributed by atoms with van der Waals surface area (Å²) in [5.41, 5.74) is 0. The van der Waals surface area contributed by atoms with Gasteiger partial charge in [0.25, 0.3) is 0 Å². The number of esters is 1. The molecular formula is C14H24N2O4. The van der Waals surface area contributed by atoms with Crippen LogP contribution in [0, 0.1) is 5.92 Å². The average Bonchev–Trinajstić information content (AvgIpc) is 2.48. The molecule has 0 aromatic carbocycles. The summed E-state index contributed by atoms with van der Waals surface area (Å²) in [6.45, 7) is 5.37. The standard InChI is InChI=1S/C14H24N2O4/c1-2-20-13(17)11-3-7-15(8-4-11)12-5-9-16(10-6-12)14(18)19/h11-12H,2-10H2,1H3,(H,18,19). The minimum Gasteiger partial charge on any atom is -0.466 e. The van der Waals surface area contributed by atoms with E-state index >= 15 is 0 Å². The van der Waals surface area contributed by atoms with Gasteiger partial charge in [0.15, 0.2) is 0 Å². The average molecular weight is 284 g/mol. The van der Waals surface area contributed by atoms with Crippen LogP contribution >= 0.6 is 0 Å². The fourth-order valence-electron chi connectivity index (χ4n) is 3.18. The molecule has 2 fully saturated rings. The lowest BCUT2D eigenvalue weighted by Gasteiger charge is -2.40. The first-order chi connectivity index (χ1) is 9.61. The van der Waals surface area contributed by atoms with E-state index in [9.17, 15) is 9.59 Å². The maximum Gasteiger partial charge on any atom is 0.407 e. The third kappa shape index (κ3) is 3.62. The van der Waals surface area contributed by atoms with E-state index in [0.717, 1.165) is 38.8 Å². The molecule has 0 unspecified atom stereocenters. The molecule has 1 amide bonds. The maximum absolute atomic E-state index is 11.7. The number of piperidine rings is 2. The number of amides is 1. The van der Waals surface area contributed by atoms with Crippen LogP contribution in [0.25, 0.3) is 0 Å². The van der Waals surface area contributed by atoms with Crippen LogP contribution in [0.5, 0.6) is 0 Å². The lowest BCUT2D eigenvalue weighted by molar-refractivity contribution is -0.149. The van der Waals surface area contributed by atoms with Crippen molar-refractivity contribution < 1.29 is 19.4 Å². The topological polar surface area (TPSA) is 70.1 Å². The zero-order valence-electron chi connectivity index (χ0n) is 12.1. The molecule has 2 rings (SSSR count). The largest absolute Gasteiger partial charge is 0.466 e. The van der Waals surface area contributed by atoms with E-state index in [4.69, 9.17) is 9.84 Å². The molecule has 0 aromatic heterocycles. The van der Waals surface area contributed by atoms with Crippen molar-refractivity contribution in [2.75, 3.05) is 32.8 Å². The number of ether oxygens (including phenoxy) is 1. The predicted octanol–water partition coefficient (Wildman–Crippen LogP) is 1.40. The molecule has 0 radical (unpaired) electrons. The SMILES string of the molecule is CCOC(=O)C1CCN(C2CCN(C(=O)O)CC2)CC1. The molecular weight excluding hydrogens is 260 g/mol. The van der Waals surface area contributed by atoms with Crippen LogP contribution < -0.4 is 0 Å². The Morgan fingerprint density at radius 3 is 2.20 bits per heavy atom. The van der Waals surface area contributed by atoms with Crippen molar-refractivity contribution >= 4 is 12.1 Å². The van der Waals surface area contributed by atoms with E-state index in [-0.39, 0.29) is 11.9 Å². The molecule has 114 valence electrons. The van der Waals surface area contributed by atoms with Crippen LogP contribution in [0.3, 0.4) is 0 Å². The van der Waals surface area contributed by atoms with Crippen molar-refractivity contribution in [1.29, 1.82) is 0 Å². The van der Waals surface area contributed by atoms with Gasteiger partial charge in [-0.1, -0.05) is 0 Å². The number of carbonyl (C=O) groups is 2. The van der Waals surface area contributed by atoms with Crippen LogP contribution in [0.1, 0.15) is 32.6 Å². The van der Waals surface area contributed by atoms with Gasteiger partial charge < -0.3 is 19.6 Å². The molecule has 2 aliphatic heterocycles. The van der Waals surface area contributed by atoms with E-state index in [1.807, 2.05) is 6.92 Å². The molecule has 2 aliphatic rings. The summed E-state index contributed by atoms with van der Waals surface area (Å²) in [6.07, 6.45) is 2.70. The lowest BCUT2D eigenvalue weighted by Crippen LogP contribution is -2.49. The fraction of sp³-hybridized carbons (Fsp3) is 0.857. The van der Waals surface area contributed by atoms with Gasteiger partial charge in [0.1, 0.15) is 0 Å². The molecule has 0 atom stereocenters. The lowest BCUT2D eigenvalue weighted by atomic mass is 9.93. The van der Waals surface area contributed by atoms with E-state index < -0.39 is 6.09 Å². The van der Waals surface area contributed by atoms with Crippen LogP contribution in [-0.2, 0) is 9.53 Å². The van der Waals surface area contributed by atoms with Crippen molar-refractivity contribution in [2.45, 2.75) is 38.6 Å². The van der Waals surface area contributed by atoms with Crippen LogP contribution in [0.2, 0.25) is 0 Å². The number of rotatable bonds is 3. The Kier molecular flexibility index (Phi) is 5.23. The second-order valence-corrected chi connectivity index (χ2v) is 5.56. The quantitative estimate of drug-likeness (QED) is 0.793. The third-order valence-electron chi connectivity index (χ3n) is 4.40. The van der Waals surface area contributed by atoms with Gasteiger partial charge in [-0.25, -0.2) is 4.79 Å². The molecule has 0 saturated carbocycles. The van der Waals surface area contributed by atoms with Gasteiger partial charge in [-0.15, -0.1) is 0 Å². The summed E-state index contributed by atoms with van der Waals surface area (Å²) in [5, 5.41) is 8.94. The predicted molar refractivity (Wildman–Crippen MR) is 73.5 cm³/mol. The summed E-state index contributed by atoms with van der Waals surface area (Å²) in [6, 6.07) is 0.466. The fourth-order valence-corrected chi connectivity index (χ4v) is 3.18. The summed E-state index contributed by atoms with van der Waals surface area (Å²) in [4.78, 5) is 26.5. The highest BCUT2D eigenvalue weighted by molar-refractivity contribution is 5.72. The van der Waals surface area contributed by atoms with Crippen molar-refractivity contribution in [3.05, 3.63) is 0 Å². The Balaban J connectivity index is 1.75. The second kappa shape index (κ2) is 6.92. The van der Waals surface area contributed by atoms with Crippen LogP contribution in [0.15, 0.2) is 0 Å². The zero-order valence-corrected chi connectivity index (χ0v) is 12.1. The summed E-state index contributed by atoms with van der Waals surface area (Å²) >= 11 is 0. The Labute approximate surface area is 119 Å². The highest BCUT2D eigenvalue weighted by atomic mass is 16.5. The van der Waals surface area contributed by atoms with Gasteiger partial charge in [0, 0.05) is 19.1 Å². The number of carbonyl (C=O) groups excluding carboxylic acids is 1. The third-order valence-corrected chi connectivity index (χ3v) is 4.40. The first kappa shape index (κ1) is 15.1.